The SMILES string of the molecule is CC1=NN(c2ccc(C(=O)N3CCC(C(=O)O)(c4ccccc4)CC3)cc2)CC1. The lowest BCUT2D eigenvalue weighted by Gasteiger charge is -2.39. The van der Waals surface area contributed by atoms with Gasteiger partial charge in [-0.3, -0.25) is 14.6 Å². The molecule has 1 saturated heterocycles. The Hall–Kier alpha value is -3.15. The van der Waals surface area contributed by atoms with Crippen molar-refractivity contribution >= 4 is 23.3 Å². The monoisotopic (exact) mass is 391 g/mol. The van der Waals surface area contributed by atoms with Crippen LogP contribution in [0.5, 0.6) is 0 Å². The Labute approximate surface area is 170 Å². The van der Waals surface area contributed by atoms with Crippen LogP contribution in [0.2, 0.25) is 0 Å². The van der Waals surface area contributed by atoms with E-state index in [4.69, 9.17) is 0 Å². The van der Waals surface area contributed by atoms with Gasteiger partial charge in [0.25, 0.3) is 5.91 Å². The maximum absolute atomic E-state index is 12.9. The van der Waals surface area contributed by atoms with Gasteiger partial charge in [-0.1, -0.05) is 30.3 Å². The molecule has 29 heavy (non-hydrogen) atoms. The van der Waals surface area contributed by atoms with Crippen LogP contribution in [0.3, 0.4) is 0 Å². The van der Waals surface area contributed by atoms with E-state index in [1.165, 1.54) is 0 Å². The van der Waals surface area contributed by atoms with Gasteiger partial charge in [-0.25, -0.2) is 0 Å². The number of hydrogen-bond donors (Lipinski definition) is 1. The Balaban J connectivity index is 1.45. The molecule has 1 amide bonds. The summed E-state index contributed by atoms with van der Waals surface area (Å²) in [4.78, 5) is 26.8. The number of hydrazone groups is 1. The summed E-state index contributed by atoms with van der Waals surface area (Å²) in [5.74, 6) is -0.869. The van der Waals surface area contributed by atoms with Crippen molar-refractivity contribution in [1.82, 2.24) is 4.90 Å². The smallest absolute Gasteiger partial charge is 0.314 e. The van der Waals surface area contributed by atoms with Gasteiger partial charge in [0.05, 0.1) is 11.1 Å². The number of rotatable bonds is 4. The van der Waals surface area contributed by atoms with Crippen molar-refractivity contribution < 1.29 is 14.7 Å². The van der Waals surface area contributed by atoms with Crippen LogP contribution in [0.1, 0.15) is 42.1 Å². The van der Waals surface area contributed by atoms with Crippen molar-refractivity contribution in [3.63, 3.8) is 0 Å². The van der Waals surface area contributed by atoms with Crippen molar-refractivity contribution in [2.45, 2.75) is 31.6 Å². The predicted molar refractivity (Wildman–Crippen MR) is 112 cm³/mol. The van der Waals surface area contributed by atoms with Gasteiger partial charge in [-0.2, -0.15) is 5.10 Å². The molecule has 0 atom stereocenters. The van der Waals surface area contributed by atoms with Gasteiger partial charge in [-0.15, -0.1) is 0 Å². The van der Waals surface area contributed by atoms with Crippen molar-refractivity contribution in [2.24, 2.45) is 5.10 Å². The van der Waals surface area contributed by atoms with Crippen LogP contribution in [0.4, 0.5) is 5.69 Å². The number of nitrogens with zero attached hydrogens (tertiary/aromatic N) is 3. The summed E-state index contributed by atoms with van der Waals surface area (Å²) in [6.45, 7) is 3.73. The molecule has 4 rings (SSSR count). The number of anilines is 1. The van der Waals surface area contributed by atoms with E-state index in [-0.39, 0.29) is 5.91 Å². The summed E-state index contributed by atoms with van der Waals surface area (Å²) in [7, 11) is 0. The largest absolute Gasteiger partial charge is 0.481 e. The lowest BCUT2D eigenvalue weighted by molar-refractivity contribution is -0.145. The molecule has 150 valence electrons. The molecule has 2 aliphatic rings. The lowest BCUT2D eigenvalue weighted by Crippen LogP contribution is -2.49. The third-order valence-electron chi connectivity index (χ3n) is 6.03. The molecular formula is C23H25N3O3. The second-order valence-electron chi connectivity index (χ2n) is 7.80. The minimum absolute atomic E-state index is 0.0512. The summed E-state index contributed by atoms with van der Waals surface area (Å²) in [5.41, 5.74) is 2.60. The number of carboxylic acid groups (broad SMARTS) is 1. The molecule has 1 fully saturated rings. The van der Waals surface area contributed by atoms with E-state index in [1.54, 1.807) is 4.90 Å². The van der Waals surface area contributed by atoms with Gasteiger partial charge in [0, 0.05) is 37.3 Å². The molecule has 2 heterocycles. The number of hydrogen-bond acceptors (Lipinski definition) is 4. The van der Waals surface area contributed by atoms with Crippen molar-refractivity contribution in [2.75, 3.05) is 24.6 Å². The van der Waals surface area contributed by atoms with E-state index in [0.29, 0.717) is 31.5 Å². The predicted octanol–water partition coefficient (Wildman–Crippen LogP) is 3.53. The highest BCUT2D eigenvalue weighted by Gasteiger charge is 2.43. The first-order valence-electron chi connectivity index (χ1n) is 9.99. The van der Waals surface area contributed by atoms with Crippen LogP contribution in [-0.2, 0) is 10.2 Å². The number of carboxylic acids is 1. The Morgan fingerprint density at radius 1 is 0.966 bits per heavy atom. The average Bonchev–Trinajstić information content (AvgIpc) is 3.20. The first-order valence-corrected chi connectivity index (χ1v) is 9.99. The summed E-state index contributed by atoms with van der Waals surface area (Å²) in [6, 6.07) is 16.9. The minimum Gasteiger partial charge on any atom is -0.481 e. The average molecular weight is 391 g/mol. The minimum atomic E-state index is -0.923. The maximum atomic E-state index is 12.9. The Morgan fingerprint density at radius 2 is 1.62 bits per heavy atom. The second-order valence-corrected chi connectivity index (χ2v) is 7.80. The topological polar surface area (TPSA) is 73.2 Å². The first kappa shape index (κ1) is 19.2. The van der Waals surface area contributed by atoms with E-state index in [9.17, 15) is 14.7 Å². The third kappa shape index (κ3) is 3.62. The molecule has 2 aliphatic heterocycles. The van der Waals surface area contributed by atoms with Crippen molar-refractivity contribution in [1.29, 1.82) is 0 Å². The quantitative estimate of drug-likeness (QED) is 0.865. The number of piperidine rings is 1. The van der Waals surface area contributed by atoms with Gasteiger partial charge in [0.1, 0.15) is 0 Å². The van der Waals surface area contributed by atoms with Crippen LogP contribution in [0.25, 0.3) is 0 Å². The molecule has 2 aromatic rings. The lowest BCUT2D eigenvalue weighted by atomic mass is 9.73. The standard InChI is InChI=1S/C23H25N3O3/c1-17-11-14-26(24-17)20-9-7-18(8-10-20)21(27)25-15-12-23(13-16-25,22(28)29)19-5-3-2-4-6-19/h2-10H,11-16H2,1H3,(H,28,29). The normalized spacial score (nSPS) is 18.4. The molecule has 1 N–H and O–H groups in total. The zero-order valence-corrected chi connectivity index (χ0v) is 16.5. The van der Waals surface area contributed by atoms with E-state index in [2.05, 4.69) is 5.10 Å². The zero-order chi connectivity index (χ0) is 20.4. The van der Waals surface area contributed by atoms with Crippen molar-refractivity contribution in [3.8, 4) is 0 Å². The Kier molecular flexibility index (Phi) is 5.09. The van der Waals surface area contributed by atoms with Gasteiger partial charge < -0.3 is 10.0 Å². The molecule has 0 saturated carbocycles. The summed E-state index contributed by atoms with van der Waals surface area (Å²) in [5, 5.41) is 16.4. The molecule has 0 unspecified atom stereocenters. The van der Waals surface area contributed by atoms with Crippen LogP contribution < -0.4 is 5.01 Å². The highest BCUT2D eigenvalue weighted by atomic mass is 16.4. The zero-order valence-electron chi connectivity index (χ0n) is 16.5. The highest BCUT2D eigenvalue weighted by Crippen LogP contribution is 2.36. The summed E-state index contributed by atoms with van der Waals surface area (Å²) in [6.07, 6.45) is 1.79. The molecule has 0 bridgehead atoms. The number of carbonyl (C=O) groups excluding carboxylic acids is 1. The fourth-order valence-corrected chi connectivity index (χ4v) is 4.19. The molecule has 0 aromatic heterocycles. The van der Waals surface area contributed by atoms with Gasteiger partial charge in [0.2, 0.25) is 0 Å². The summed E-state index contributed by atoms with van der Waals surface area (Å²) < 4.78 is 0. The maximum Gasteiger partial charge on any atom is 0.314 e. The van der Waals surface area contributed by atoms with Gasteiger partial charge >= 0.3 is 5.97 Å². The second kappa shape index (κ2) is 7.70. The van der Waals surface area contributed by atoms with E-state index < -0.39 is 11.4 Å². The number of benzene rings is 2. The fraction of sp³-hybridized carbons (Fsp3) is 0.348. The molecule has 6 heteroatoms. The number of carbonyl (C=O) groups is 2. The molecule has 0 radical (unpaired) electrons. The molecule has 0 aliphatic carbocycles. The van der Waals surface area contributed by atoms with E-state index in [1.807, 2.05) is 66.5 Å². The summed E-state index contributed by atoms with van der Waals surface area (Å²) >= 11 is 0. The molecular weight excluding hydrogens is 366 g/mol. The van der Waals surface area contributed by atoms with E-state index >= 15 is 0 Å². The van der Waals surface area contributed by atoms with Crippen LogP contribution in [-0.4, -0.2) is 47.2 Å². The van der Waals surface area contributed by atoms with Gasteiger partial charge in [-0.05, 0) is 49.6 Å². The Morgan fingerprint density at radius 3 is 2.17 bits per heavy atom. The van der Waals surface area contributed by atoms with Crippen LogP contribution >= 0.6 is 0 Å². The molecule has 6 nitrogen and oxygen atoms in total. The molecule has 2 aromatic carbocycles. The van der Waals surface area contributed by atoms with Crippen molar-refractivity contribution in [3.05, 3.63) is 65.7 Å². The number of aliphatic carboxylic acids is 1. The Bertz CT molecular complexity index is 930. The number of likely N-dealkylation sites (tertiary alicyclic amines) is 1. The third-order valence-corrected chi connectivity index (χ3v) is 6.03. The first-order chi connectivity index (χ1) is 14.0. The van der Waals surface area contributed by atoms with Crippen LogP contribution in [0.15, 0.2) is 59.7 Å². The number of amides is 1. The van der Waals surface area contributed by atoms with E-state index in [0.717, 1.165) is 29.9 Å². The molecule has 0 spiro atoms. The van der Waals surface area contributed by atoms with Crippen LogP contribution in [0, 0.1) is 0 Å². The fourth-order valence-electron chi connectivity index (χ4n) is 4.19. The van der Waals surface area contributed by atoms with Gasteiger partial charge in [0.15, 0.2) is 0 Å². The highest BCUT2D eigenvalue weighted by molar-refractivity contribution is 5.95.